The topological polar surface area (TPSA) is 70.2 Å². The van der Waals surface area contributed by atoms with Crippen molar-refractivity contribution in [3.8, 4) is 0 Å². The first-order valence-corrected chi connectivity index (χ1v) is 10.6. The van der Waals surface area contributed by atoms with Crippen molar-refractivity contribution >= 4 is 40.5 Å². The van der Waals surface area contributed by atoms with Crippen LogP contribution in [0.3, 0.4) is 0 Å². The molecule has 0 unspecified atom stereocenters. The highest BCUT2D eigenvalue weighted by Crippen LogP contribution is 2.14. The minimum Gasteiger partial charge on any atom is -0.332 e. The molecular formula is C25H25N3O2S. The van der Waals surface area contributed by atoms with Crippen molar-refractivity contribution < 1.29 is 9.59 Å². The summed E-state index contributed by atoms with van der Waals surface area (Å²) in [5.41, 5.74) is 3.69. The highest BCUT2D eigenvalue weighted by molar-refractivity contribution is 7.80. The molecule has 0 aliphatic heterocycles. The molecule has 6 heteroatoms. The van der Waals surface area contributed by atoms with Crippen LogP contribution in [0.25, 0.3) is 0 Å². The SMILES string of the molecule is O=C(CCc1ccccc1)NC(=S)Nc1ccc(NC(=O)CCc2ccccc2)cc1. The lowest BCUT2D eigenvalue weighted by Crippen LogP contribution is -2.34. The molecule has 2 amide bonds. The van der Waals surface area contributed by atoms with Crippen molar-refractivity contribution in [3.63, 3.8) is 0 Å². The van der Waals surface area contributed by atoms with Gasteiger partial charge in [0.25, 0.3) is 0 Å². The summed E-state index contributed by atoms with van der Waals surface area (Å²) in [6.07, 6.45) is 2.14. The number of carbonyl (C=O) groups is 2. The molecule has 0 atom stereocenters. The van der Waals surface area contributed by atoms with Gasteiger partial charge in [0.15, 0.2) is 5.11 Å². The first-order chi connectivity index (χ1) is 15.1. The fourth-order valence-corrected chi connectivity index (χ4v) is 3.25. The van der Waals surface area contributed by atoms with E-state index in [9.17, 15) is 9.59 Å². The summed E-state index contributed by atoms with van der Waals surface area (Å²) in [5, 5.41) is 8.81. The van der Waals surface area contributed by atoms with Crippen molar-refractivity contribution in [2.75, 3.05) is 10.6 Å². The molecule has 0 fully saturated rings. The Morgan fingerprint density at radius 1 is 0.613 bits per heavy atom. The summed E-state index contributed by atoms with van der Waals surface area (Å²) in [6.45, 7) is 0. The van der Waals surface area contributed by atoms with E-state index >= 15 is 0 Å². The van der Waals surface area contributed by atoms with Crippen molar-refractivity contribution in [3.05, 3.63) is 96.1 Å². The predicted molar refractivity (Wildman–Crippen MR) is 129 cm³/mol. The maximum absolute atomic E-state index is 12.1. The van der Waals surface area contributed by atoms with E-state index in [1.54, 1.807) is 24.3 Å². The molecule has 3 rings (SSSR count). The van der Waals surface area contributed by atoms with Crippen LogP contribution in [0.5, 0.6) is 0 Å². The Hall–Kier alpha value is -3.51. The number of aryl methyl sites for hydroxylation is 2. The Kier molecular flexibility index (Phi) is 8.31. The fourth-order valence-electron chi connectivity index (χ4n) is 3.02. The lowest BCUT2D eigenvalue weighted by Gasteiger charge is -2.11. The predicted octanol–water partition coefficient (Wildman–Crippen LogP) is 4.70. The van der Waals surface area contributed by atoms with Crippen molar-refractivity contribution in [1.82, 2.24) is 5.32 Å². The van der Waals surface area contributed by atoms with Crippen LogP contribution in [0.2, 0.25) is 0 Å². The molecule has 0 saturated heterocycles. The first kappa shape index (κ1) is 22.2. The zero-order chi connectivity index (χ0) is 21.9. The maximum Gasteiger partial charge on any atom is 0.226 e. The number of carbonyl (C=O) groups excluding carboxylic acids is 2. The third-order valence-electron chi connectivity index (χ3n) is 4.65. The molecule has 3 N–H and O–H groups in total. The van der Waals surface area contributed by atoms with Crippen molar-refractivity contribution in [2.45, 2.75) is 25.7 Å². The molecule has 158 valence electrons. The summed E-state index contributed by atoms with van der Waals surface area (Å²) in [4.78, 5) is 24.2. The number of hydrogen-bond donors (Lipinski definition) is 3. The monoisotopic (exact) mass is 431 g/mol. The van der Waals surface area contributed by atoms with Gasteiger partial charge >= 0.3 is 0 Å². The molecular weight excluding hydrogens is 406 g/mol. The van der Waals surface area contributed by atoms with E-state index < -0.39 is 0 Å². The average molecular weight is 432 g/mol. The Balaban J connectivity index is 1.39. The van der Waals surface area contributed by atoms with Crippen LogP contribution >= 0.6 is 12.2 Å². The smallest absolute Gasteiger partial charge is 0.226 e. The van der Waals surface area contributed by atoms with Crippen LogP contribution in [-0.4, -0.2) is 16.9 Å². The highest BCUT2D eigenvalue weighted by atomic mass is 32.1. The van der Waals surface area contributed by atoms with Crippen LogP contribution in [0.1, 0.15) is 24.0 Å². The molecule has 0 radical (unpaired) electrons. The van der Waals surface area contributed by atoms with Crippen molar-refractivity contribution in [2.24, 2.45) is 0 Å². The molecule has 0 spiro atoms. The second-order valence-corrected chi connectivity index (χ2v) is 7.51. The molecule has 0 bridgehead atoms. The highest BCUT2D eigenvalue weighted by Gasteiger charge is 2.07. The second-order valence-electron chi connectivity index (χ2n) is 7.10. The van der Waals surface area contributed by atoms with Crippen LogP contribution in [0.4, 0.5) is 11.4 Å². The van der Waals surface area contributed by atoms with Gasteiger partial charge in [0.1, 0.15) is 0 Å². The van der Waals surface area contributed by atoms with Crippen LogP contribution in [0.15, 0.2) is 84.9 Å². The molecule has 0 aliphatic carbocycles. The second kappa shape index (κ2) is 11.6. The summed E-state index contributed by atoms with van der Waals surface area (Å²) < 4.78 is 0. The Morgan fingerprint density at radius 2 is 1.06 bits per heavy atom. The third kappa shape index (κ3) is 8.03. The van der Waals surface area contributed by atoms with Gasteiger partial charge in [-0.2, -0.15) is 0 Å². The number of anilines is 2. The van der Waals surface area contributed by atoms with Gasteiger partial charge in [-0.1, -0.05) is 60.7 Å². The minimum absolute atomic E-state index is 0.0363. The zero-order valence-corrected chi connectivity index (χ0v) is 18.0. The van der Waals surface area contributed by atoms with E-state index in [-0.39, 0.29) is 16.9 Å². The summed E-state index contributed by atoms with van der Waals surface area (Å²) in [5.74, 6) is -0.172. The van der Waals surface area contributed by atoms with Gasteiger partial charge in [-0.25, -0.2) is 0 Å². The number of amides is 2. The Bertz CT molecular complexity index is 1010. The Morgan fingerprint density at radius 3 is 1.58 bits per heavy atom. The molecule has 0 heterocycles. The number of thiocarbonyl (C=S) groups is 1. The van der Waals surface area contributed by atoms with E-state index in [4.69, 9.17) is 12.2 Å². The molecule has 0 saturated carbocycles. The molecule has 3 aromatic carbocycles. The van der Waals surface area contributed by atoms with Crippen LogP contribution in [-0.2, 0) is 22.4 Å². The van der Waals surface area contributed by atoms with Gasteiger partial charge in [0.2, 0.25) is 11.8 Å². The van der Waals surface area contributed by atoms with Gasteiger partial charge in [0, 0.05) is 24.2 Å². The van der Waals surface area contributed by atoms with Gasteiger partial charge in [-0.15, -0.1) is 0 Å². The quantitative estimate of drug-likeness (QED) is 0.452. The number of rotatable bonds is 8. The summed E-state index contributed by atoms with van der Waals surface area (Å²) >= 11 is 5.21. The van der Waals surface area contributed by atoms with Crippen molar-refractivity contribution in [1.29, 1.82) is 0 Å². The molecule has 0 aliphatic rings. The number of benzene rings is 3. The van der Waals surface area contributed by atoms with E-state index in [0.29, 0.717) is 31.4 Å². The van der Waals surface area contributed by atoms with Crippen LogP contribution in [0, 0.1) is 0 Å². The van der Waals surface area contributed by atoms with E-state index in [2.05, 4.69) is 16.0 Å². The summed E-state index contributed by atoms with van der Waals surface area (Å²) in [6, 6.07) is 26.9. The molecule has 3 aromatic rings. The lowest BCUT2D eigenvalue weighted by atomic mass is 10.1. The van der Waals surface area contributed by atoms with E-state index in [1.807, 2.05) is 60.7 Å². The number of nitrogens with one attached hydrogen (secondary N) is 3. The summed E-state index contributed by atoms with van der Waals surface area (Å²) in [7, 11) is 0. The molecule has 0 aromatic heterocycles. The first-order valence-electron chi connectivity index (χ1n) is 10.2. The molecule has 31 heavy (non-hydrogen) atoms. The zero-order valence-electron chi connectivity index (χ0n) is 17.1. The fraction of sp³-hybridized carbons (Fsp3) is 0.160. The van der Waals surface area contributed by atoms with E-state index in [1.165, 1.54) is 0 Å². The Labute approximate surface area is 187 Å². The van der Waals surface area contributed by atoms with Gasteiger partial charge in [-0.3, -0.25) is 9.59 Å². The minimum atomic E-state index is -0.136. The maximum atomic E-state index is 12.1. The largest absolute Gasteiger partial charge is 0.332 e. The van der Waals surface area contributed by atoms with Gasteiger partial charge < -0.3 is 16.0 Å². The normalized spacial score (nSPS) is 10.2. The van der Waals surface area contributed by atoms with Gasteiger partial charge in [-0.05, 0) is 60.5 Å². The standard InChI is InChI=1S/C25H25N3O2S/c29-23(17-11-19-7-3-1-4-8-19)26-21-13-15-22(16-14-21)27-25(31)28-24(30)18-12-20-9-5-2-6-10-20/h1-10,13-16H,11-12,17-18H2,(H,26,29)(H2,27,28,30,31). The average Bonchev–Trinajstić information content (AvgIpc) is 2.79. The lowest BCUT2D eigenvalue weighted by molar-refractivity contribution is -0.119. The van der Waals surface area contributed by atoms with Crippen LogP contribution < -0.4 is 16.0 Å². The van der Waals surface area contributed by atoms with Gasteiger partial charge in [0.05, 0.1) is 0 Å². The number of hydrogen-bond acceptors (Lipinski definition) is 3. The van der Waals surface area contributed by atoms with E-state index in [0.717, 1.165) is 16.8 Å². The third-order valence-corrected chi connectivity index (χ3v) is 4.85. The molecule has 5 nitrogen and oxygen atoms in total.